The van der Waals surface area contributed by atoms with Crippen LogP contribution in [-0.4, -0.2) is 18.6 Å². The SMILES string of the molecule is CNCCCc1ncc(-c2ccccc2C(C)(C)C)o1. The molecule has 2 aromatic rings. The highest BCUT2D eigenvalue weighted by atomic mass is 16.4. The third-order valence-electron chi connectivity index (χ3n) is 3.37. The first-order valence-corrected chi connectivity index (χ1v) is 7.21. The van der Waals surface area contributed by atoms with E-state index in [1.54, 1.807) is 0 Å². The van der Waals surface area contributed by atoms with Gasteiger partial charge in [-0.25, -0.2) is 4.98 Å². The molecule has 3 nitrogen and oxygen atoms in total. The molecule has 20 heavy (non-hydrogen) atoms. The van der Waals surface area contributed by atoms with Gasteiger partial charge in [0.2, 0.25) is 0 Å². The predicted octanol–water partition coefficient (Wildman–Crippen LogP) is 3.79. The van der Waals surface area contributed by atoms with Gasteiger partial charge in [0.1, 0.15) is 0 Å². The van der Waals surface area contributed by atoms with Gasteiger partial charge in [-0.15, -0.1) is 0 Å². The lowest BCUT2D eigenvalue weighted by atomic mass is 9.83. The van der Waals surface area contributed by atoms with Gasteiger partial charge < -0.3 is 9.73 Å². The van der Waals surface area contributed by atoms with Gasteiger partial charge in [0.05, 0.1) is 6.20 Å². The summed E-state index contributed by atoms with van der Waals surface area (Å²) in [6.07, 6.45) is 3.76. The average molecular weight is 272 g/mol. The van der Waals surface area contributed by atoms with Crippen molar-refractivity contribution >= 4 is 0 Å². The first-order valence-electron chi connectivity index (χ1n) is 7.21. The molecule has 0 spiro atoms. The van der Waals surface area contributed by atoms with Gasteiger partial charge in [-0.1, -0.05) is 45.0 Å². The van der Waals surface area contributed by atoms with Crippen molar-refractivity contribution in [3.8, 4) is 11.3 Å². The highest BCUT2D eigenvalue weighted by molar-refractivity contribution is 5.63. The van der Waals surface area contributed by atoms with Gasteiger partial charge in [0.15, 0.2) is 11.7 Å². The minimum absolute atomic E-state index is 0.0929. The van der Waals surface area contributed by atoms with Gasteiger partial charge in [-0.3, -0.25) is 0 Å². The van der Waals surface area contributed by atoms with E-state index in [0.29, 0.717) is 0 Å². The molecule has 0 unspecified atom stereocenters. The second-order valence-corrected chi connectivity index (χ2v) is 6.12. The number of oxazole rings is 1. The first-order chi connectivity index (χ1) is 9.52. The Morgan fingerprint density at radius 3 is 2.65 bits per heavy atom. The van der Waals surface area contributed by atoms with Crippen molar-refractivity contribution in [1.82, 2.24) is 10.3 Å². The van der Waals surface area contributed by atoms with Crippen LogP contribution < -0.4 is 5.32 Å². The van der Waals surface area contributed by atoms with Gasteiger partial charge >= 0.3 is 0 Å². The van der Waals surface area contributed by atoms with Crippen LogP contribution >= 0.6 is 0 Å². The molecule has 3 heteroatoms. The predicted molar refractivity (Wildman–Crippen MR) is 82.9 cm³/mol. The maximum atomic E-state index is 5.91. The fourth-order valence-electron chi connectivity index (χ4n) is 2.32. The number of hydrogen-bond donors (Lipinski definition) is 1. The highest BCUT2D eigenvalue weighted by Crippen LogP contribution is 2.33. The van der Waals surface area contributed by atoms with Crippen LogP contribution in [0.2, 0.25) is 0 Å². The molecule has 108 valence electrons. The summed E-state index contributed by atoms with van der Waals surface area (Å²) in [5.41, 5.74) is 2.53. The van der Waals surface area contributed by atoms with Crippen molar-refractivity contribution in [1.29, 1.82) is 0 Å². The molecule has 1 N–H and O–H groups in total. The first kappa shape index (κ1) is 14.8. The summed E-state index contributed by atoms with van der Waals surface area (Å²) in [4.78, 5) is 4.39. The van der Waals surface area contributed by atoms with Crippen LogP contribution in [-0.2, 0) is 11.8 Å². The molecule has 1 heterocycles. The Labute approximate surface area is 121 Å². The van der Waals surface area contributed by atoms with Gasteiger partial charge in [0.25, 0.3) is 0 Å². The van der Waals surface area contributed by atoms with Crippen molar-refractivity contribution in [2.45, 2.75) is 39.0 Å². The van der Waals surface area contributed by atoms with E-state index in [0.717, 1.165) is 36.6 Å². The zero-order valence-corrected chi connectivity index (χ0v) is 12.9. The molecule has 2 rings (SSSR count). The molecule has 0 atom stereocenters. The number of rotatable bonds is 5. The molecule has 0 aliphatic carbocycles. The van der Waals surface area contributed by atoms with Crippen LogP contribution in [0.4, 0.5) is 0 Å². The topological polar surface area (TPSA) is 38.1 Å². The molecule has 0 bridgehead atoms. The molecule has 1 aromatic heterocycles. The summed E-state index contributed by atoms with van der Waals surface area (Å²) >= 11 is 0. The quantitative estimate of drug-likeness (QED) is 0.841. The Morgan fingerprint density at radius 2 is 1.95 bits per heavy atom. The van der Waals surface area contributed by atoms with Crippen molar-refractivity contribution in [2.75, 3.05) is 13.6 Å². The van der Waals surface area contributed by atoms with E-state index in [1.807, 2.05) is 19.3 Å². The third-order valence-corrected chi connectivity index (χ3v) is 3.37. The summed E-state index contributed by atoms with van der Waals surface area (Å²) in [5.74, 6) is 1.69. The zero-order chi connectivity index (χ0) is 14.6. The normalized spacial score (nSPS) is 11.8. The zero-order valence-electron chi connectivity index (χ0n) is 12.9. The summed E-state index contributed by atoms with van der Waals surface area (Å²) in [7, 11) is 1.96. The Balaban J connectivity index is 2.24. The number of aromatic nitrogens is 1. The molecule has 0 saturated carbocycles. The van der Waals surface area contributed by atoms with Crippen LogP contribution in [0.15, 0.2) is 34.9 Å². The van der Waals surface area contributed by atoms with E-state index in [2.05, 4.69) is 49.3 Å². The van der Waals surface area contributed by atoms with Gasteiger partial charge in [0, 0.05) is 12.0 Å². The molecular weight excluding hydrogens is 248 g/mol. The highest BCUT2D eigenvalue weighted by Gasteiger charge is 2.20. The van der Waals surface area contributed by atoms with Crippen LogP contribution in [0.1, 0.15) is 38.6 Å². The van der Waals surface area contributed by atoms with Crippen molar-refractivity contribution in [3.63, 3.8) is 0 Å². The number of nitrogens with one attached hydrogen (secondary N) is 1. The number of hydrogen-bond acceptors (Lipinski definition) is 3. The molecule has 0 fully saturated rings. The Bertz CT molecular complexity index is 552. The van der Waals surface area contributed by atoms with Crippen LogP contribution in [0.3, 0.4) is 0 Å². The lowest BCUT2D eigenvalue weighted by molar-refractivity contribution is 0.493. The third kappa shape index (κ3) is 3.48. The second kappa shape index (κ2) is 6.23. The summed E-state index contributed by atoms with van der Waals surface area (Å²) in [6, 6.07) is 8.40. The minimum atomic E-state index is 0.0929. The molecule has 0 radical (unpaired) electrons. The molecule has 0 amide bonds. The molecule has 0 saturated heterocycles. The fraction of sp³-hybridized carbons (Fsp3) is 0.471. The maximum absolute atomic E-state index is 5.91. The van der Waals surface area contributed by atoms with E-state index >= 15 is 0 Å². The van der Waals surface area contributed by atoms with Crippen LogP contribution in [0.5, 0.6) is 0 Å². The van der Waals surface area contributed by atoms with Crippen molar-refractivity contribution < 1.29 is 4.42 Å². The van der Waals surface area contributed by atoms with E-state index in [-0.39, 0.29) is 5.41 Å². The van der Waals surface area contributed by atoms with Crippen LogP contribution in [0, 0.1) is 0 Å². The fourth-order valence-corrected chi connectivity index (χ4v) is 2.32. The molecule has 0 aliphatic rings. The van der Waals surface area contributed by atoms with E-state index in [9.17, 15) is 0 Å². The van der Waals surface area contributed by atoms with Crippen molar-refractivity contribution in [2.24, 2.45) is 0 Å². The standard InChI is InChI=1S/C17H24N2O/c1-17(2,3)14-9-6-5-8-13(14)15-12-19-16(20-15)10-7-11-18-4/h5-6,8-9,12,18H,7,10-11H2,1-4H3. The van der Waals surface area contributed by atoms with Gasteiger partial charge in [-0.2, -0.15) is 0 Å². The van der Waals surface area contributed by atoms with Crippen LogP contribution in [0.25, 0.3) is 11.3 Å². The maximum Gasteiger partial charge on any atom is 0.194 e. The Kier molecular flexibility index (Phi) is 4.61. The Morgan fingerprint density at radius 1 is 1.20 bits per heavy atom. The lowest BCUT2D eigenvalue weighted by Crippen LogP contribution is -2.12. The smallest absolute Gasteiger partial charge is 0.194 e. The number of nitrogens with zero attached hydrogens (tertiary/aromatic N) is 1. The lowest BCUT2D eigenvalue weighted by Gasteiger charge is -2.21. The monoisotopic (exact) mass is 272 g/mol. The largest absolute Gasteiger partial charge is 0.441 e. The summed E-state index contributed by atoms with van der Waals surface area (Å²) in [6.45, 7) is 7.64. The molecule has 0 aliphatic heterocycles. The average Bonchev–Trinajstić information content (AvgIpc) is 2.87. The molecular formula is C17H24N2O. The van der Waals surface area contributed by atoms with Crippen molar-refractivity contribution in [3.05, 3.63) is 41.9 Å². The summed E-state index contributed by atoms with van der Waals surface area (Å²) < 4.78 is 5.91. The van der Waals surface area contributed by atoms with E-state index in [1.165, 1.54) is 5.56 Å². The second-order valence-electron chi connectivity index (χ2n) is 6.12. The van der Waals surface area contributed by atoms with E-state index in [4.69, 9.17) is 4.42 Å². The number of benzene rings is 1. The minimum Gasteiger partial charge on any atom is -0.441 e. The molecule has 1 aromatic carbocycles. The Hall–Kier alpha value is -1.61. The van der Waals surface area contributed by atoms with E-state index < -0.39 is 0 Å². The number of aryl methyl sites for hydroxylation is 1. The van der Waals surface area contributed by atoms with Gasteiger partial charge in [-0.05, 0) is 31.0 Å². The summed E-state index contributed by atoms with van der Waals surface area (Å²) in [5, 5.41) is 3.14.